The summed E-state index contributed by atoms with van der Waals surface area (Å²) in [5.41, 5.74) is 9.50. The Bertz CT molecular complexity index is 2060. The summed E-state index contributed by atoms with van der Waals surface area (Å²) in [4.78, 5) is 20.3. The van der Waals surface area contributed by atoms with E-state index in [0.29, 0.717) is 0 Å². The van der Waals surface area contributed by atoms with Crippen molar-refractivity contribution < 1.29 is 0 Å². The summed E-state index contributed by atoms with van der Waals surface area (Å²) < 4.78 is 2.29. The average molecular weight is 601 g/mol. The molecule has 0 unspecified atom stereocenters. The lowest BCUT2D eigenvalue weighted by molar-refractivity contribution is 1.22. The molecule has 0 N–H and O–H groups in total. The Balaban J connectivity index is 1.38. The van der Waals surface area contributed by atoms with Gasteiger partial charge in [-0.2, -0.15) is 0 Å². The zero-order valence-electron chi connectivity index (χ0n) is 23.5. The van der Waals surface area contributed by atoms with Gasteiger partial charge < -0.3 is 0 Å². The van der Waals surface area contributed by atoms with Crippen LogP contribution in [0.25, 0.3) is 53.0 Å². The Labute approximate surface area is 262 Å². The Morgan fingerprint density at radius 3 is 1.25 bits per heavy atom. The van der Waals surface area contributed by atoms with Crippen LogP contribution in [0.1, 0.15) is 22.5 Å². The maximum Gasteiger partial charge on any atom is 0.143 e. The van der Waals surface area contributed by atoms with Crippen LogP contribution in [0.4, 0.5) is 0 Å². The molecular weight excluding hydrogens is 577 g/mol. The van der Waals surface area contributed by atoms with Crippen LogP contribution < -0.4 is 0 Å². The number of pyridine rings is 2. The summed E-state index contributed by atoms with van der Waals surface area (Å²) in [6, 6.07) is 49.8. The van der Waals surface area contributed by atoms with Crippen LogP contribution in [0, 0.1) is 0 Å². The van der Waals surface area contributed by atoms with Gasteiger partial charge in [-0.25, -0.2) is 19.9 Å². The summed E-state index contributed by atoms with van der Waals surface area (Å²) in [6.07, 6.45) is 0. The van der Waals surface area contributed by atoms with Crippen molar-refractivity contribution in [1.82, 2.24) is 19.9 Å². The molecular formula is C38H24N4S2. The van der Waals surface area contributed by atoms with E-state index in [1.54, 1.807) is 22.7 Å². The standard InChI is InChI=1S/C38H24N4S2/c1-3-13-25(14-4-1)35(26-15-5-2-6-16-26)36(29-19-11-21-31(39-29)37-41-27-17-7-9-23-33(27)43-37)30-20-12-22-32(40-30)38-42-28-18-8-10-24-34(28)44-38/h1-24H. The second-order valence-corrected chi connectivity index (χ2v) is 12.3. The molecule has 8 aromatic rings. The van der Waals surface area contributed by atoms with Gasteiger partial charge in [0.25, 0.3) is 0 Å². The molecule has 0 atom stereocenters. The largest absolute Gasteiger partial charge is 0.245 e. The van der Waals surface area contributed by atoms with Gasteiger partial charge in [0.05, 0.1) is 43.2 Å². The van der Waals surface area contributed by atoms with Gasteiger partial charge >= 0.3 is 0 Å². The van der Waals surface area contributed by atoms with E-state index in [-0.39, 0.29) is 0 Å². The molecule has 0 saturated carbocycles. The van der Waals surface area contributed by atoms with Gasteiger partial charge in [0.15, 0.2) is 0 Å². The SMILES string of the molecule is c1ccc(C(=C(c2cccc(-c3nc4ccccc4s3)n2)c2cccc(-c3nc4ccccc4s3)n2)c2ccccc2)cc1. The predicted molar refractivity (Wildman–Crippen MR) is 184 cm³/mol. The summed E-state index contributed by atoms with van der Waals surface area (Å²) in [5, 5.41) is 1.79. The van der Waals surface area contributed by atoms with Gasteiger partial charge in [-0.1, -0.05) is 97.1 Å². The second-order valence-electron chi connectivity index (χ2n) is 10.3. The Morgan fingerprint density at radius 1 is 0.364 bits per heavy atom. The number of hydrogen-bond donors (Lipinski definition) is 0. The van der Waals surface area contributed by atoms with Gasteiger partial charge in [-0.05, 0) is 59.7 Å². The molecule has 0 saturated heterocycles. The van der Waals surface area contributed by atoms with Crippen LogP contribution in [0.3, 0.4) is 0 Å². The zero-order valence-corrected chi connectivity index (χ0v) is 25.1. The third-order valence-electron chi connectivity index (χ3n) is 7.41. The molecule has 0 aliphatic carbocycles. The molecule has 0 radical (unpaired) electrons. The lowest BCUT2D eigenvalue weighted by Gasteiger charge is -2.17. The zero-order chi connectivity index (χ0) is 29.3. The van der Waals surface area contributed by atoms with E-state index < -0.39 is 0 Å². The number of nitrogens with zero attached hydrogens (tertiary/aromatic N) is 4. The Morgan fingerprint density at radius 2 is 0.795 bits per heavy atom. The summed E-state index contributed by atoms with van der Waals surface area (Å²) in [5.74, 6) is 0. The van der Waals surface area contributed by atoms with Crippen LogP contribution in [0.15, 0.2) is 146 Å². The van der Waals surface area contributed by atoms with E-state index in [9.17, 15) is 0 Å². The third kappa shape index (κ3) is 5.00. The smallest absolute Gasteiger partial charge is 0.143 e. The lowest BCUT2D eigenvalue weighted by Crippen LogP contribution is -2.02. The van der Waals surface area contributed by atoms with Gasteiger partial charge in [0.2, 0.25) is 0 Å². The van der Waals surface area contributed by atoms with Crippen LogP contribution in [0.2, 0.25) is 0 Å². The van der Waals surface area contributed by atoms with Crippen molar-refractivity contribution in [3.63, 3.8) is 0 Å². The van der Waals surface area contributed by atoms with Crippen molar-refractivity contribution >= 4 is 54.3 Å². The normalized spacial score (nSPS) is 11.2. The van der Waals surface area contributed by atoms with E-state index >= 15 is 0 Å². The maximum atomic E-state index is 5.26. The molecule has 208 valence electrons. The highest BCUT2D eigenvalue weighted by atomic mass is 32.1. The molecule has 4 nitrogen and oxygen atoms in total. The molecule has 0 amide bonds. The van der Waals surface area contributed by atoms with Crippen molar-refractivity contribution in [3.05, 3.63) is 168 Å². The highest BCUT2D eigenvalue weighted by molar-refractivity contribution is 7.22. The van der Waals surface area contributed by atoms with E-state index in [0.717, 1.165) is 75.5 Å². The molecule has 4 heterocycles. The van der Waals surface area contributed by atoms with Crippen molar-refractivity contribution in [2.75, 3.05) is 0 Å². The number of aromatic nitrogens is 4. The Kier molecular flexibility index (Phi) is 6.83. The monoisotopic (exact) mass is 600 g/mol. The maximum absolute atomic E-state index is 5.26. The van der Waals surface area contributed by atoms with Crippen molar-refractivity contribution in [3.8, 4) is 21.4 Å². The first kappa shape index (κ1) is 26.3. The molecule has 4 aromatic heterocycles. The quantitative estimate of drug-likeness (QED) is 0.191. The van der Waals surface area contributed by atoms with E-state index in [1.807, 2.05) is 60.7 Å². The summed E-state index contributed by atoms with van der Waals surface area (Å²) in [7, 11) is 0. The second kappa shape index (κ2) is 11.4. The number of para-hydroxylation sites is 2. The van der Waals surface area contributed by atoms with E-state index in [1.165, 1.54) is 0 Å². The number of rotatable bonds is 6. The molecule has 44 heavy (non-hydrogen) atoms. The molecule has 0 aliphatic heterocycles. The fraction of sp³-hybridized carbons (Fsp3) is 0. The van der Waals surface area contributed by atoms with E-state index in [2.05, 4.69) is 84.9 Å². The molecule has 0 aliphatic rings. The van der Waals surface area contributed by atoms with Crippen molar-refractivity contribution in [1.29, 1.82) is 0 Å². The minimum Gasteiger partial charge on any atom is -0.245 e. The molecule has 0 spiro atoms. The van der Waals surface area contributed by atoms with Crippen LogP contribution >= 0.6 is 22.7 Å². The fourth-order valence-corrected chi connectivity index (χ4v) is 7.27. The van der Waals surface area contributed by atoms with Gasteiger partial charge in [-0.3, -0.25) is 0 Å². The van der Waals surface area contributed by atoms with Crippen LogP contribution in [-0.2, 0) is 0 Å². The fourth-order valence-electron chi connectivity index (χ4n) is 5.40. The topological polar surface area (TPSA) is 51.6 Å². The highest BCUT2D eigenvalue weighted by Gasteiger charge is 2.20. The van der Waals surface area contributed by atoms with Gasteiger partial charge in [0, 0.05) is 11.1 Å². The lowest BCUT2D eigenvalue weighted by atomic mass is 9.89. The minimum absolute atomic E-state index is 0.832. The predicted octanol–water partition coefficient (Wildman–Crippen LogP) is 10.0. The van der Waals surface area contributed by atoms with Crippen LogP contribution in [-0.4, -0.2) is 19.9 Å². The first-order valence-electron chi connectivity index (χ1n) is 14.3. The first-order chi connectivity index (χ1) is 21.8. The number of thiazole rings is 2. The van der Waals surface area contributed by atoms with Gasteiger partial charge in [-0.15, -0.1) is 22.7 Å². The highest BCUT2D eigenvalue weighted by Crippen LogP contribution is 2.38. The molecule has 8 rings (SSSR count). The first-order valence-corrected chi connectivity index (χ1v) is 16.0. The Hall–Kier alpha value is -5.30. The molecule has 6 heteroatoms. The van der Waals surface area contributed by atoms with Crippen LogP contribution in [0.5, 0.6) is 0 Å². The molecule has 0 bridgehead atoms. The minimum atomic E-state index is 0.832. The average Bonchev–Trinajstić information content (AvgIpc) is 3.73. The summed E-state index contributed by atoms with van der Waals surface area (Å²) >= 11 is 3.31. The third-order valence-corrected chi connectivity index (χ3v) is 9.53. The summed E-state index contributed by atoms with van der Waals surface area (Å²) in [6.45, 7) is 0. The number of benzene rings is 4. The van der Waals surface area contributed by atoms with E-state index in [4.69, 9.17) is 19.9 Å². The molecule has 4 aromatic carbocycles. The van der Waals surface area contributed by atoms with Crippen molar-refractivity contribution in [2.45, 2.75) is 0 Å². The number of hydrogen-bond acceptors (Lipinski definition) is 6. The van der Waals surface area contributed by atoms with Gasteiger partial charge in [0.1, 0.15) is 10.0 Å². The number of fused-ring (bicyclic) bond motifs is 2. The van der Waals surface area contributed by atoms with Crippen molar-refractivity contribution in [2.24, 2.45) is 0 Å². The molecule has 0 fully saturated rings.